The van der Waals surface area contributed by atoms with Crippen molar-refractivity contribution in [2.75, 3.05) is 32.1 Å². The van der Waals surface area contributed by atoms with Crippen LogP contribution in [0, 0.1) is 0 Å². The number of thiophene rings is 1. The van der Waals surface area contributed by atoms with E-state index in [1.54, 1.807) is 14.7 Å². The van der Waals surface area contributed by atoms with E-state index >= 15 is 0 Å². The molecule has 2 unspecified atom stereocenters. The van der Waals surface area contributed by atoms with Gasteiger partial charge in [0.15, 0.2) is 0 Å². The first-order valence-corrected chi connectivity index (χ1v) is 15.2. The summed E-state index contributed by atoms with van der Waals surface area (Å²) < 4.78 is 11.4. The van der Waals surface area contributed by atoms with Crippen molar-refractivity contribution in [1.82, 2.24) is 14.7 Å². The molecule has 42 heavy (non-hydrogen) atoms. The molecule has 1 fully saturated rings. The topological polar surface area (TPSA) is 79.4 Å². The number of para-hydroxylation sites is 1. The summed E-state index contributed by atoms with van der Waals surface area (Å²) in [6, 6.07) is 21.5. The van der Waals surface area contributed by atoms with Crippen LogP contribution in [-0.2, 0) is 20.9 Å². The number of carbonyl (C=O) groups is 3. The summed E-state index contributed by atoms with van der Waals surface area (Å²) in [5, 5.41) is 1.89. The van der Waals surface area contributed by atoms with Gasteiger partial charge >= 0.3 is 6.09 Å². The molecule has 2 atom stereocenters. The van der Waals surface area contributed by atoms with Crippen molar-refractivity contribution in [2.24, 2.45) is 0 Å². The summed E-state index contributed by atoms with van der Waals surface area (Å²) >= 11 is 7.51. The zero-order valence-corrected chi connectivity index (χ0v) is 24.6. The molecular weight excluding hydrogens is 574 g/mol. The molecule has 3 amide bonds. The predicted molar refractivity (Wildman–Crippen MR) is 162 cm³/mol. The average Bonchev–Trinajstić information content (AvgIpc) is 3.58. The van der Waals surface area contributed by atoms with E-state index < -0.39 is 12.1 Å². The highest BCUT2D eigenvalue weighted by molar-refractivity contribution is 7.10. The Labute approximate surface area is 254 Å². The maximum Gasteiger partial charge on any atom is 0.410 e. The minimum Gasteiger partial charge on any atom is -0.458 e. The molecule has 3 aromatic rings. The number of amides is 3. The number of alkyl halides is 1. The molecule has 2 heterocycles. The van der Waals surface area contributed by atoms with Crippen molar-refractivity contribution >= 4 is 40.8 Å². The summed E-state index contributed by atoms with van der Waals surface area (Å²) in [7, 11) is 0. The second-order valence-electron chi connectivity index (χ2n) is 9.89. The largest absolute Gasteiger partial charge is 0.458 e. The lowest BCUT2D eigenvalue weighted by molar-refractivity contribution is -0.147. The Morgan fingerprint density at radius 1 is 0.929 bits per heavy atom. The van der Waals surface area contributed by atoms with Crippen LogP contribution in [0.1, 0.15) is 22.9 Å². The van der Waals surface area contributed by atoms with Gasteiger partial charge in [-0.1, -0.05) is 60.7 Å². The van der Waals surface area contributed by atoms with Gasteiger partial charge in [0.05, 0.1) is 6.04 Å². The highest BCUT2D eigenvalue weighted by atomic mass is 35.5. The zero-order valence-electron chi connectivity index (χ0n) is 23.0. The molecule has 218 valence electrons. The van der Waals surface area contributed by atoms with E-state index in [0.29, 0.717) is 38.4 Å². The molecule has 0 saturated carbocycles. The molecule has 0 spiro atoms. The van der Waals surface area contributed by atoms with E-state index in [2.05, 4.69) is 0 Å². The van der Waals surface area contributed by atoms with Crippen molar-refractivity contribution < 1.29 is 23.9 Å². The van der Waals surface area contributed by atoms with Gasteiger partial charge in [0.2, 0.25) is 5.91 Å². The van der Waals surface area contributed by atoms with Gasteiger partial charge in [-0.25, -0.2) is 4.79 Å². The Bertz CT molecular complexity index is 1410. The van der Waals surface area contributed by atoms with Crippen LogP contribution < -0.4 is 4.74 Å². The predicted octanol–water partition coefficient (Wildman–Crippen LogP) is 5.63. The smallest absolute Gasteiger partial charge is 0.410 e. The maximum absolute atomic E-state index is 14.1. The summed E-state index contributed by atoms with van der Waals surface area (Å²) in [6.45, 7) is 1.54. The molecule has 1 aliphatic carbocycles. The van der Waals surface area contributed by atoms with Crippen LogP contribution in [0.15, 0.2) is 102 Å². The molecule has 1 aliphatic heterocycles. The molecular formula is C32H32ClN3O5S. The Hall–Kier alpha value is -4.08. The van der Waals surface area contributed by atoms with Crippen LogP contribution in [0.25, 0.3) is 0 Å². The fourth-order valence-electron chi connectivity index (χ4n) is 5.00. The van der Waals surface area contributed by atoms with E-state index in [4.69, 9.17) is 21.1 Å². The van der Waals surface area contributed by atoms with Gasteiger partial charge in [-0.2, -0.15) is 0 Å². The van der Waals surface area contributed by atoms with Gasteiger partial charge < -0.3 is 24.2 Å². The van der Waals surface area contributed by atoms with Crippen molar-refractivity contribution in [2.45, 2.75) is 25.1 Å². The number of allylic oxidation sites excluding steroid dienone is 1. The van der Waals surface area contributed by atoms with Gasteiger partial charge in [-0.05, 0) is 47.7 Å². The number of rotatable bonds is 9. The second-order valence-corrected chi connectivity index (χ2v) is 11.1. The van der Waals surface area contributed by atoms with Crippen molar-refractivity contribution in [3.8, 4) is 5.75 Å². The number of carbonyl (C=O) groups excluding carboxylic acids is 3. The Balaban J connectivity index is 1.26. The zero-order chi connectivity index (χ0) is 29.3. The molecule has 2 aliphatic rings. The van der Waals surface area contributed by atoms with Crippen LogP contribution >= 0.6 is 22.9 Å². The molecule has 10 heteroatoms. The van der Waals surface area contributed by atoms with Gasteiger partial charge in [-0.15, -0.1) is 22.9 Å². The third kappa shape index (κ3) is 7.21. The van der Waals surface area contributed by atoms with Crippen molar-refractivity contribution in [3.63, 3.8) is 0 Å². The maximum atomic E-state index is 14.1. The van der Waals surface area contributed by atoms with E-state index in [9.17, 15) is 14.4 Å². The van der Waals surface area contributed by atoms with Crippen molar-refractivity contribution in [3.05, 3.63) is 113 Å². The van der Waals surface area contributed by atoms with Gasteiger partial charge in [0.25, 0.3) is 5.91 Å². The first-order valence-electron chi connectivity index (χ1n) is 13.8. The number of hydrogen-bond acceptors (Lipinski definition) is 6. The summed E-state index contributed by atoms with van der Waals surface area (Å²) in [5.41, 5.74) is 0.910. The lowest BCUT2D eigenvalue weighted by Crippen LogP contribution is -2.55. The molecule has 8 nitrogen and oxygen atoms in total. The second kappa shape index (κ2) is 14.2. The molecule has 1 aromatic heterocycles. The van der Waals surface area contributed by atoms with Gasteiger partial charge in [0, 0.05) is 31.1 Å². The minimum absolute atomic E-state index is 0.191. The fourth-order valence-corrected chi connectivity index (χ4v) is 5.96. The van der Waals surface area contributed by atoms with Crippen LogP contribution in [0.5, 0.6) is 5.75 Å². The van der Waals surface area contributed by atoms with Gasteiger partial charge in [0.1, 0.15) is 30.0 Å². The number of ether oxygens (including phenoxy) is 2. The SMILES string of the molecule is O=C(OCc1ccccc1)N1CCN(C(=O)C(c2cccs2)N(C(=O)CCl)C2C=CC(Oc3ccccc3)=CC2)CC1. The van der Waals surface area contributed by atoms with Crippen LogP contribution in [-0.4, -0.2) is 70.7 Å². The lowest BCUT2D eigenvalue weighted by atomic mass is 10.0. The molecule has 0 radical (unpaired) electrons. The number of hydrogen-bond donors (Lipinski definition) is 0. The molecule has 0 bridgehead atoms. The molecule has 2 aromatic carbocycles. The van der Waals surface area contributed by atoms with Crippen LogP contribution in [0.2, 0.25) is 0 Å². The van der Waals surface area contributed by atoms with Crippen LogP contribution in [0.4, 0.5) is 4.79 Å². The summed E-state index contributed by atoms with van der Waals surface area (Å²) in [5.74, 6) is 0.608. The molecule has 1 saturated heterocycles. The molecule has 0 N–H and O–H groups in total. The first kappa shape index (κ1) is 29.4. The van der Waals surface area contributed by atoms with E-state index in [1.165, 1.54) is 11.3 Å². The Morgan fingerprint density at radius 2 is 1.62 bits per heavy atom. The third-order valence-electron chi connectivity index (χ3n) is 7.16. The quantitative estimate of drug-likeness (QED) is 0.296. The summed E-state index contributed by atoms with van der Waals surface area (Å²) in [6.07, 6.45) is 5.69. The fraction of sp³-hybridized carbons (Fsp3) is 0.281. The molecule has 5 rings (SSSR count). The van der Waals surface area contributed by atoms with Crippen molar-refractivity contribution in [1.29, 1.82) is 0 Å². The lowest BCUT2D eigenvalue weighted by Gasteiger charge is -2.40. The Morgan fingerprint density at radius 3 is 2.24 bits per heavy atom. The summed E-state index contributed by atoms with van der Waals surface area (Å²) in [4.78, 5) is 45.7. The van der Waals surface area contributed by atoms with E-state index in [0.717, 1.165) is 16.2 Å². The number of nitrogens with zero attached hydrogens (tertiary/aromatic N) is 3. The first-order chi connectivity index (χ1) is 20.5. The van der Waals surface area contributed by atoms with Gasteiger partial charge in [-0.3, -0.25) is 9.59 Å². The van der Waals surface area contributed by atoms with E-state index in [1.807, 2.05) is 96.4 Å². The minimum atomic E-state index is -0.840. The highest BCUT2D eigenvalue weighted by Crippen LogP contribution is 2.33. The Kier molecular flexibility index (Phi) is 9.94. The number of benzene rings is 2. The number of halogens is 1. The number of piperazine rings is 1. The van der Waals surface area contributed by atoms with Crippen LogP contribution in [0.3, 0.4) is 0 Å². The normalized spacial score (nSPS) is 17.3. The average molecular weight is 606 g/mol. The monoisotopic (exact) mass is 605 g/mol. The standard InChI is InChI=1S/C32H32ClN3O5S/c33-22-29(37)36(25-13-15-27(16-14-25)41-26-10-5-2-6-11-26)30(28-12-7-21-42-28)31(38)34-17-19-35(20-18-34)32(39)40-23-24-8-3-1-4-9-24/h1-13,15-16,21,25,30H,14,17-20,22-23H2. The highest BCUT2D eigenvalue weighted by Gasteiger charge is 2.39. The van der Waals surface area contributed by atoms with E-state index in [-0.39, 0.29) is 30.3 Å². The third-order valence-corrected chi connectivity index (χ3v) is 8.31.